The molecule has 1 N–H and O–H groups in total. The van der Waals surface area contributed by atoms with Crippen LogP contribution in [0.4, 0.5) is 11.5 Å². The van der Waals surface area contributed by atoms with Gasteiger partial charge in [-0.05, 0) is 37.1 Å². The number of nitrogens with one attached hydrogen (secondary N) is 1. The quantitative estimate of drug-likeness (QED) is 0.901. The van der Waals surface area contributed by atoms with Crippen LogP contribution in [0.25, 0.3) is 0 Å². The number of likely N-dealkylation sites (tertiary alicyclic amines) is 1. The SMILES string of the molecule is Cc1cccc(C)c1Nc1ccc(C(=O)N2CCC3(CC2)OCCO3)cn1. The number of hydrogen-bond donors (Lipinski definition) is 1. The first kappa shape index (κ1) is 17.9. The maximum Gasteiger partial charge on any atom is 0.255 e. The Kier molecular flexibility index (Phi) is 4.85. The van der Waals surface area contributed by atoms with Crippen molar-refractivity contribution >= 4 is 17.4 Å². The first-order valence-corrected chi connectivity index (χ1v) is 9.43. The van der Waals surface area contributed by atoms with Crippen molar-refractivity contribution in [1.29, 1.82) is 0 Å². The summed E-state index contributed by atoms with van der Waals surface area (Å²) in [6.45, 7) is 6.70. The minimum absolute atomic E-state index is 0.00830. The van der Waals surface area contributed by atoms with E-state index in [1.807, 2.05) is 23.1 Å². The number of carbonyl (C=O) groups excluding carboxylic acids is 1. The molecule has 6 heteroatoms. The van der Waals surface area contributed by atoms with Crippen LogP contribution in [0.3, 0.4) is 0 Å². The molecule has 4 rings (SSSR count). The van der Waals surface area contributed by atoms with Crippen molar-refractivity contribution in [3.05, 3.63) is 53.2 Å². The van der Waals surface area contributed by atoms with Crippen LogP contribution < -0.4 is 5.32 Å². The molecule has 0 atom stereocenters. The summed E-state index contributed by atoms with van der Waals surface area (Å²) >= 11 is 0. The molecule has 0 saturated carbocycles. The van der Waals surface area contributed by atoms with Gasteiger partial charge in [0.05, 0.1) is 18.8 Å². The summed E-state index contributed by atoms with van der Waals surface area (Å²) in [5, 5.41) is 3.35. The number of ether oxygens (including phenoxy) is 2. The van der Waals surface area contributed by atoms with Gasteiger partial charge < -0.3 is 19.7 Å². The van der Waals surface area contributed by atoms with E-state index in [2.05, 4.69) is 36.3 Å². The van der Waals surface area contributed by atoms with E-state index in [4.69, 9.17) is 9.47 Å². The van der Waals surface area contributed by atoms with Gasteiger partial charge in [0.15, 0.2) is 5.79 Å². The van der Waals surface area contributed by atoms with Crippen molar-refractivity contribution in [2.24, 2.45) is 0 Å². The highest BCUT2D eigenvalue weighted by Crippen LogP contribution is 2.31. The number of amides is 1. The van der Waals surface area contributed by atoms with Crippen molar-refractivity contribution in [3.8, 4) is 0 Å². The maximum absolute atomic E-state index is 12.8. The van der Waals surface area contributed by atoms with Crippen LogP contribution in [0.1, 0.15) is 34.3 Å². The van der Waals surface area contributed by atoms with Gasteiger partial charge >= 0.3 is 0 Å². The van der Waals surface area contributed by atoms with Gasteiger partial charge in [0.1, 0.15) is 5.82 Å². The second kappa shape index (κ2) is 7.29. The topological polar surface area (TPSA) is 63.7 Å². The van der Waals surface area contributed by atoms with Gasteiger partial charge in [0, 0.05) is 37.8 Å². The molecule has 0 radical (unpaired) electrons. The number of carbonyl (C=O) groups is 1. The summed E-state index contributed by atoms with van der Waals surface area (Å²) in [5.41, 5.74) is 3.99. The van der Waals surface area contributed by atoms with Crippen molar-refractivity contribution in [2.75, 3.05) is 31.6 Å². The molecule has 0 unspecified atom stereocenters. The van der Waals surface area contributed by atoms with Crippen molar-refractivity contribution in [2.45, 2.75) is 32.5 Å². The Labute approximate surface area is 159 Å². The highest BCUT2D eigenvalue weighted by Gasteiger charge is 2.40. The van der Waals surface area contributed by atoms with Crippen LogP contribution in [0.15, 0.2) is 36.5 Å². The minimum Gasteiger partial charge on any atom is -0.347 e. The number of aromatic nitrogens is 1. The van der Waals surface area contributed by atoms with E-state index >= 15 is 0 Å². The Morgan fingerprint density at radius 3 is 2.33 bits per heavy atom. The van der Waals surface area contributed by atoms with E-state index in [1.165, 1.54) is 0 Å². The molecular weight excluding hydrogens is 342 g/mol. The van der Waals surface area contributed by atoms with Crippen LogP contribution in [0, 0.1) is 13.8 Å². The Bertz CT molecular complexity index is 799. The Morgan fingerprint density at radius 1 is 1.07 bits per heavy atom. The van der Waals surface area contributed by atoms with Crippen molar-refractivity contribution in [3.63, 3.8) is 0 Å². The monoisotopic (exact) mass is 367 g/mol. The number of pyridine rings is 1. The zero-order valence-corrected chi connectivity index (χ0v) is 15.8. The molecule has 2 saturated heterocycles. The number of anilines is 2. The lowest BCUT2D eigenvalue weighted by Crippen LogP contribution is -2.47. The molecular formula is C21H25N3O3. The second-order valence-corrected chi connectivity index (χ2v) is 7.22. The van der Waals surface area contributed by atoms with E-state index in [9.17, 15) is 4.79 Å². The number of benzene rings is 1. The second-order valence-electron chi connectivity index (χ2n) is 7.22. The fraction of sp³-hybridized carbons (Fsp3) is 0.429. The molecule has 2 fully saturated rings. The number of hydrogen-bond acceptors (Lipinski definition) is 5. The fourth-order valence-corrected chi connectivity index (χ4v) is 3.75. The van der Waals surface area contributed by atoms with Crippen LogP contribution in [0.5, 0.6) is 0 Å². The summed E-state index contributed by atoms with van der Waals surface area (Å²) in [6.07, 6.45) is 3.09. The first-order chi connectivity index (χ1) is 13.1. The zero-order valence-electron chi connectivity index (χ0n) is 15.8. The average molecular weight is 367 g/mol. The smallest absolute Gasteiger partial charge is 0.255 e. The van der Waals surface area contributed by atoms with Gasteiger partial charge in [-0.2, -0.15) is 0 Å². The molecule has 3 heterocycles. The third-order valence-electron chi connectivity index (χ3n) is 5.37. The van der Waals surface area contributed by atoms with Crippen molar-refractivity contribution < 1.29 is 14.3 Å². The summed E-state index contributed by atoms with van der Waals surface area (Å²) in [4.78, 5) is 19.1. The lowest BCUT2D eigenvalue weighted by Gasteiger charge is -2.37. The summed E-state index contributed by atoms with van der Waals surface area (Å²) in [7, 11) is 0. The molecule has 6 nitrogen and oxygen atoms in total. The molecule has 2 aliphatic rings. The number of nitrogens with zero attached hydrogens (tertiary/aromatic N) is 2. The molecule has 1 spiro atoms. The van der Waals surface area contributed by atoms with Crippen LogP contribution in [-0.2, 0) is 9.47 Å². The van der Waals surface area contributed by atoms with Gasteiger partial charge in [-0.15, -0.1) is 0 Å². The van der Waals surface area contributed by atoms with Gasteiger partial charge in [-0.3, -0.25) is 4.79 Å². The number of aryl methyl sites for hydroxylation is 2. The van der Waals surface area contributed by atoms with Crippen molar-refractivity contribution in [1.82, 2.24) is 9.88 Å². The molecule has 2 aliphatic heterocycles. The standard InChI is InChI=1S/C21H25N3O3/c1-15-4-3-5-16(2)19(15)23-18-7-6-17(14-22-18)20(25)24-10-8-21(9-11-24)26-12-13-27-21/h3-7,14H,8-13H2,1-2H3,(H,22,23). The van der Waals surface area contributed by atoms with E-state index < -0.39 is 5.79 Å². The highest BCUT2D eigenvalue weighted by atomic mass is 16.7. The molecule has 0 aliphatic carbocycles. The molecule has 2 aromatic rings. The maximum atomic E-state index is 12.8. The summed E-state index contributed by atoms with van der Waals surface area (Å²) in [5.74, 6) is 0.275. The first-order valence-electron chi connectivity index (χ1n) is 9.43. The number of rotatable bonds is 3. The predicted octanol–water partition coefficient (Wildman–Crippen LogP) is 3.42. The Balaban J connectivity index is 1.41. The number of piperidine rings is 1. The molecule has 0 bridgehead atoms. The highest BCUT2D eigenvalue weighted by molar-refractivity contribution is 5.94. The Morgan fingerprint density at radius 2 is 1.74 bits per heavy atom. The molecule has 1 aromatic heterocycles. The zero-order chi connectivity index (χ0) is 18.9. The van der Waals surface area contributed by atoms with E-state index in [1.54, 1.807) is 6.20 Å². The molecule has 1 aromatic carbocycles. The lowest BCUT2D eigenvalue weighted by atomic mass is 10.0. The van der Waals surface area contributed by atoms with E-state index in [-0.39, 0.29) is 5.91 Å². The molecule has 142 valence electrons. The van der Waals surface area contributed by atoms with Crippen LogP contribution in [-0.4, -0.2) is 47.9 Å². The van der Waals surface area contributed by atoms with Gasteiger partial charge in [0.25, 0.3) is 5.91 Å². The normalized spacial score (nSPS) is 18.7. The third-order valence-corrected chi connectivity index (χ3v) is 5.37. The third kappa shape index (κ3) is 3.68. The van der Waals surface area contributed by atoms with E-state index in [0.29, 0.717) is 31.9 Å². The van der Waals surface area contributed by atoms with Crippen LogP contribution in [0.2, 0.25) is 0 Å². The van der Waals surface area contributed by atoms with Gasteiger partial charge in [-0.1, -0.05) is 18.2 Å². The Hall–Kier alpha value is -2.44. The van der Waals surface area contributed by atoms with Gasteiger partial charge in [-0.25, -0.2) is 4.98 Å². The predicted molar refractivity (Wildman–Crippen MR) is 103 cm³/mol. The molecule has 1 amide bonds. The summed E-state index contributed by atoms with van der Waals surface area (Å²) < 4.78 is 11.5. The van der Waals surface area contributed by atoms with Gasteiger partial charge in [0.2, 0.25) is 0 Å². The lowest BCUT2D eigenvalue weighted by molar-refractivity contribution is -0.181. The minimum atomic E-state index is -0.464. The number of para-hydroxylation sites is 1. The summed E-state index contributed by atoms with van der Waals surface area (Å²) in [6, 6.07) is 9.85. The fourth-order valence-electron chi connectivity index (χ4n) is 3.75. The largest absolute Gasteiger partial charge is 0.347 e. The molecule has 27 heavy (non-hydrogen) atoms. The van der Waals surface area contributed by atoms with Crippen LogP contribution >= 0.6 is 0 Å². The average Bonchev–Trinajstić information content (AvgIpc) is 3.13. The van der Waals surface area contributed by atoms with E-state index in [0.717, 1.165) is 35.5 Å².